The fraction of sp³-hybridized carbons (Fsp3) is 0.462. The average molecular weight is 252 g/mol. The molecule has 1 aromatic rings. The zero-order valence-corrected chi connectivity index (χ0v) is 10.2. The molecule has 2 rings (SSSR count). The molecule has 2 unspecified atom stereocenters. The summed E-state index contributed by atoms with van der Waals surface area (Å²) in [6.07, 6.45) is 1.88. The van der Waals surface area contributed by atoms with Gasteiger partial charge in [0.1, 0.15) is 11.6 Å². The molecule has 2 atom stereocenters. The molecule has 0 saturated carbocycles. The van der Waals surface area contributed by atoms with E-state index in [1.54, 1.807) is 0 Å². The molecule has 18 heavy (non-hydrogen) atoms. The quantitative estimate of drug-likeness (QED) is 0.745. The topological polar surface area (TPSA) is 61.4 Å². The van der Waals surface area contributed by atoms with Crippen LogP contribution >= 0.6 is 0 Å². The first-order chi connectivity index (χ1) is 8.56. The van der Waals surface area contributed by atoms with Gasteiger partial charge in [-0.1, -0.05) is 0 Å². The van der Waals surface area contributed by atoms with Gasteiger partial charge in [0.2, 0.25) is 0 Å². The van der Waals surface area contributed by atoms with Crippen LogP contribution < -0.4 is 10.6 Å². The molecule has 1 amide bonds. The van der Waals surface area contributed by atoms with Crippen molar-refractivity contribution < 1.29 is 14.3 Å². The molecule has 1 heterocycles. The number of carbonyl (C=O) groups excluding carboxylic acids is 1. The molecule has 1 aromatic carbocycles. The highest BCUT2D eigenvalue weighted by Crippen LogP contribution is 2.15. The Morgan fingerprint density at radius 3 is 2.89 bits per heavy atom. The number of carbonyl (C=O) groups is 1. The number of hydrogen-bond acceptors (Lipinski definition) is 3. The van der Waals surface area contributed by atoms with Crippen LogP contribution in [0, 0.1) is 5.82 Å². The minimum atomic E-state index is -0.704. The molecule has 0 spiro atoms. The highest BCUT2D eigenvalue weighted by molar-refractivity contribution is 5.94. The number of benzene rings is 1. The molecule has 0 aliphatic carbocycles. The number of hydrogen-bond donors (Lipinski definition) is 3. The molecular formula is C13H17FN2O2. The Hall–Kier alpha value is -1.62. The van der Waals surface area contributed by atoms with Crippen molar-refractivity contribution in [2.75, 3.05) is 6.54 Å². The first kappa shape index (κ1) is 12.8. The van der Waals surface area contributed by atoms with Crippen LogP contribution in [-0.2, 0) is 0 Å². The van der Waals surface area contributed by atoms with E-state index in [4.69, 9.17) is 5.11 Å². The molecule has 0 bridgehead atoms. The van der Waals surface area contributed by atoms with Crippen LogP contribution in [0.2, 0.25) is 0 Å². The van der Waals surface area contributed by atoms with Gasteiger partial charge in [-0.25, -0.2) is 4.39 Å². The summed E-state index contributed by atoms with van der Waals surface area (Å²) in [6.45, 7) is 2.80. The number of phenolic OH excluding ortho intramolecular Hbond substituents is 1. The number of aromatic hydroxyl groups is 1. The van der Waals surface area contributed by atoms with Gasteiger partial charge >= 0.3 is 0 Å². The standard InChI is InChI=1S/C13H17FN2O2/c1-8-2-3-9(7-15-8)16-13(18)11-5-4-10(17)6-12(11)14/h4-6,8-9,15,17H,2-3,7H2,1H3,(H,16,18). The Bertz CT molecular complexity index is 443. The molecule has 98 valence electrons. The lowest BCUT2D eigenvalue weighted by Crippen LogP contribution is -2.48. The number of halogens is 1. The normalized spacial score (nSPS) is 23.7. The van der Waals surface area contributed by atoms with Crippen molar-refractivity contribution >= 4 is 5.91 Å². The lowest BCUT2D eigenvalue weighted by atomic mass is 10.0. The smallest absolute Gasteiger partial charge is 0.254 e. The van der Waals surface area contributed by atoms with Gasteiger partial charge in [-0.3, -0.25) is 4.79 Å². The maximum absolute atomic E-state index is 13.5. The van der Waals surface area contributed by atoms with Crippen molar-refractivity contribution in [1.82, 2.24) is 10.6 Å². The Balaban J connectivity index is 1.99. The fourth-order valence-corrected chi connectivity index (χ4v) is 2.07. The predicted molar refractivity (Wildman–Crippen MR) is 66.0 cm³/mol. The Morgan fingerprint density at radius 2 is 2.28 bits per heavy atom. The molecule has 0 radical (unpaired) electrons. The summed E-state index contributed by atoms with van der Waals surface area (Å²) < 4.78 is 13.5. The first-order valence-corrected chi connectivity index (χ1v) is 6.09. The van der Waals surface area contributed by atoms with Gasteiger partial charge in [0, 0.05) is 24.7 Å². The van der Waals surface area contributed by atoms with Crippen LogP contribution in [0.3, 0.4) is 0 Å². The first-order valence-electron chi connectivity index (χ1n) is 6.09. The third-order valence-electron chi connectivity index (χ3n) is 3.19. The molecular weight excluding hydrogens is 235 g/mol. The summed E-state index contributed by atoms with van der Waals surface area (Å²) in [4.78, 5) is 11.9. The minimum absolute atomic E-state index is 0.0295. The minimum Gasteiger partial charge on any atom is -0.508 e. The van der Waals surface area contributed by atoms with Gasteiger partial charge in [0.15, 0.2) is 0 Å². The van der Waals surface area contributed by atoms with Gasteiger partial charge in [0.25, 0.3) is 5.91 Å². The van der Waals surface area contributed by atoms with E-state index in [2.05, 4.69) is 17.6 Å². The molecule has 1 aliphatic rings. The van der Waals surface area contributed by atoms with Crippen LogP contribution in [0.15, 0.2) is 18.2 Å². The number of amides is 1. The van der Waals surface area contributed by atoms with E-state index in [1.165, 1.54) is 12.1 Å². The van der Waals surface area contributed by atoms with Crippen molar-refractivity contribution in [1.29, 1.82) is 0 Å². The zero-order chi connectivity index (χ0) is 13.1. The van der Waals surface area contributed by atoms with Gasteiger partial charge in [-0.15, -0.1) is 0 Å². The zero-order valence-electron chi connectivity index (χ0n) is 10.2. The van der Waals surface area contributed by atoms with E-state index < -0.39 is 11.7 Å². The van der Waals surface area contributed by atoms with Crippen molar-refractivity contribution in [3.05, 3.63) is 29.6 Å². The average Bonchev–Trinajstić information content (AvgIpc) is 2.32. The number of piperidine rings is 1. The third kappa shape index (κ3) is 2.98. The van der Waals surface area contributed by atoms with E-state index in [0.29, 0.717) is 12.6 Å². The maximum atomic E-state index is 13.5. The highest BCUT2D eigenvalue weighted by atomic mass is 19.1. The summed E-state index contributed by atoms with van der Waals surface area (Å²) in [5, 5.41) is 15.1. The van der Waals surface area contributed by atoms with Crippen LogP contribution in [0.5, 0.6) is 5.75 Å². The van der Waals surface area contributed by atoms with E-state index in [1.807, 2.05) is 0 Å². The van der Waals surface area contributed by atoms with E-state index in [-0.39, 0.29) is 17.4 Å². The van der Waals surface area contributed by atoms with Crippen molar-refractivity contribution in [3.8, 4) is 5.75 Å². The summed E-state index contributed by atoms with van der Waals surface area (Å²) >= 11 is 0. The number of phenols is 1. The van der Waals surface area contributed by atoms with Crippen molar-refractivity contribution in [2.24, 2.45) is 0 Å². The molecule has 1 saturated heterocycles. The van der Waals surface area contributed by atoms with E-state index in [9.17, 15) is 9.18 Å². The van der Waals surface area contributed by atoms with Gasteiger partial charge in [-0.2, -0.15) is 0 Å². The summed E-state index contributed by atoms with van der Waals surface area (Å²) in [7, 11) is 0. The summed E-state index contributed by atoms with van der Waals surface area (Å²) in [5.74, 6) is -1.32. The number of rotatable bonds is 2. The lowest BCUT2D eigenvalue weighted by molar-refractivity contribution is 0.0923. The van der Waals surface area contributed by atoms with E-state index >= 15 is 0 Å². The molecule has 3 N–H and O–H groups in total. The van der Waals surface area contributed by atoms with Crippen LogP contribution in [-0.4, -0.2) is 29.6 Å². The largest absolute Gasteiger partial charge is 0.508 e. The van der Waals surface area contributed by atoms with Crippen LogP contribution in [0.4, 0.5) is 4.39 Å². The molecule has 4 nitrogen and oxygen atoms in total. The monoisotopic (exact) mass is 252 g/mol. The second kappa shape index (κ2) is 5.35. The maximum Gasteiger partial charge on any atom is 0.254 e. The SMILES string of the molecule is CC1CCC(NC(=O)c2ccc(O)cc2F)CN1. The van der Waals surface area contributed by atoms with Gasteiger partial charge in [-0.05, 0) is 31.9 Å². The third-order valence-corrected chi connectivity index (χ3v) is 3.19. The Labute approximate surface area is 105 Å². The molecule has 0 aromatic heterocycles. The highest BCUT2D eigenvalue weighted by Gasteiger charge is 2.21. The van der Waals surface area contributed by atoms with Crippen molar-refractivity contribution in [2.45, 2.75) is 31.8 Å². The van der Waals surface area contributed by atoms with Crippen LogP contribution in [0.25, 0.3) is 0 Å². The Kier molecular flexibility index (Phi) is 3.81. The second-order valence-corrected chi connectivity index (χ2v) is 4.72. The predicted octanol–water partition coefficient (Wildman–Crippen LogP) is 1.40. The summed E-state index contributed by atoms with van der Waals surface area (Å²) in [6, 6.07) is 4.03. The fourth-order valence-electron chi connectivity index (χ4n) is 2.07. The van der Waals surface area contributed by atoms with Crippen molar-refractivity contribution in [3.63, 3.8) is 0 Å². The van der Waals surface area contributed by atoms with Crippen LogP contribution in [0.1, 0.15) is 30.1 Å². The molecule has 5 heteroatoms. The second-order valence-electron chi connectivity index (χ2n) is 4.72. The molecule has 1 aliphatic heterocycles. The van der Waals surface area contributed by atoms with Gasteiger partial charge < -0.3 is 15.7 Å². The Morgan fingerprint density at radius 1 is 1.50 bits per heavy atom. The lowest BCUT2D eigenvalue weighted by Gasteiger charge is -2.28. The van der Waals surface area contributed by atoms with E-state index in [0.717, 1.165) is 18.9 Å². The molecule has 1 fully saturated rings. The summed E-state index contributed by atoms with van der Waals surface area (Å²) in [5.41, 5.74) is -0.0357. The van der Waals surface area contributed by atoms with Gasteiger partial charge in [0.05, 0.1) is 5.56 Å². The number of nitrogens with one attached hydrogen (secondary N) is 2.